The maximum atomic E-state index is 12.3. The lowest BCUT2D eigenvalue weighted by Gasteiger charge is -2.33. The van der Waals surface area contributed by atoms with Crippen molar-refractivity contribution in [2.24, 2.45) is 23.5 Å². The normalized spacial score (nSPS) is 25.8. The molecule has 206 valence electrons. The summed E-state index contributed by atoms with van der Waals surface area (Å²) in [6, 6.07) is 6.17. The van der Waals surface area contributed by atoms with E-state index in [1.807, 2.05) is 13.0 Å². The predicted octanol–water partition coefficient (Wildman–Crippen LogP) is 3.94. The van der Waals surface area contributed by atoms with E-state index in [4.69, 9.17) is 27.1 Å². The van der Waals surface area contributed by atoms with Gasteiger partial charge in [-0.15, -0.1) is 0 Å². The number of allylic oxidation sites excluding steroid dienone is 1. The number of benzene rings is 1. The maximum Gasteiger partial charge on any atom is 0.223 e. The summed E-state index contributed by atoms with van der Waals surface area (Å²) in [6.45, 7) is 4.50. The molecular formula is C29H35ClN6O3. The van der Waals surface area contributed by atoms with Crippen molar-refractivity contribution >= 4 is 34.4 Å². The number of H-pyrrole nitrogens is 1. The van der Waals surface area contributed by atoms with Gasteiger partial charge < -0.3 is 30.8 Å². The van der Waals surface area contributed by atoms with E-state index in [-0.39, 0.29) is 35.8 Å². The van der Waals surface area contributed by atoms with Crippen molar-refractivity contribution in [3.63, 3.8) is 0 Å². The second-order valence-electron chi connectivity index (χ2n) is 11.2. The molecule has 2 fully saturated rings. The summed E-state index contributed by atoms with van der Waals surface area (Å²) in [5.74, 6) is 1.61. The van der Waals surface area contributed by atoms with Gasteiger partial charge in [0.1, 0.15) is 17.1 Å². The highest BCUT2D eigenvalue weighted by atomic mass is 35.5. The lowest BCUT2D eigenvalue weighted by atomic mass is 9.88. The average Bonchev–Trinajstić information content (AvgIpc) is 3.65. The fourth-order valence-electron chi connectivity index (χ4n) is 6.75. The van der Waals surface area contributed by atoms with Crippen molar-refractivity contribution in [3.8, 4) is 17.1 Å². The summed E-state index contributed by atoms with van der Waals surface area (Å²) in [5.41, 5.74) is 9.73. The largest absolute Gasteiger partial charge is 0.496 e. The summed E-state index contributed by atoms with van der Waals surface area (Å²) in [4.78, 5) is 27.3. The van der Waals surface area contributed by atoms with Crippen molar-refractivity contribution in [1.82, 2.24) is 19.9 Å². The second kappa shape index (κ2) is 10.4. The number of carbonyl (C=O) groups is 1. The van der Waals surface area contributed by atoms with Crippen LogP contribution in [0, 0.1) is 17.8 Å². The number of likely N-dealkylation sites (tertiary alicyclic amines) is 1. The predicted molar refractivity (Wildman–Crippen MR) is 152 cm³/mol. The summed E-state index contributed by atoms with van der Waals surface area (Å²) in [6.07, 6.45) is 8.55. The number of pyridine rings is 1. The molecular weight excluding hydrogens is 516 g/mol. The lowest BCUT2D eigenvalue weighted by Crippen LogP contribution is -2.41. The zero-order valence-electron chi connectivity index (χ0n) is 22.2. The molecule has 0 radical (unpaired) electrons. The van der Waals surface area contributed by atoms with Crippen LogP contribution in [0.2, 0.25) is 5.02 Å². The van der Waals surface area contributed by atoms with E-state index in [1.165, 1.54) is 5.56 Å². The first-order chi connectivity index (χ1) is 18.8. The number of primary amides is 1. The van der Waals surface area contributed by atoms with E-state index < -0.39 is 0 Å². The van der Waals surface area contributed by atoms with Gasteiger partial charge in [-0.3, -0.25) is 4.79 Å². The molecule has 3 aliphatic rings. The molecule has 2 bridgehead atoms. The van der Waals surface area contributed by atoms with E-state index in [9.17, 15) is 9.90 Å². The highest BCUT2D eigenvalue weighted by molar-refractivity contribution is 6.34. The number of carbonyl (C=O) groups excluding carboxylic acids is 1. The van der Waals surface area contributed by atoms with Crippen LogP contribution in [0.4, 0.5) is 5.69 Å². The number of nitrogens with one attached hydrogen (secondary N) is 2. The standard InChI is InChI=1S/C29H35ClN6O3/c1-15(37)14-36-9-7-16(8-10-36)17-5-6-20(22(12-17)39-2)28-34-26-25(21(30)13-32-29(26)35-28)33-24-19-4-3-18(11-19)23(24)27(31)38/h3-6,12-13,15-16,18-19,23-24,37H,7-11,14H2,1-2H3,(H2,31,38)(H2,32,33,34,35)/t15-,18+,19-,23-,24+/m0/s1. The number of aliphatic hydroxyl groups is 1. The average molecular weight is 551 g/mol. The van der Waals surface area contributed by atoms with Gasteiger partial charge >= 0.3 is 0 Å². The maximum absolute atomic E-state index is 12.3. The molecule has 6 rings (SSSR count). The molecule has 1 aliphatic heterocycles. The van der Waals surface area contributed by atoms with Crippen LogP contribution in [-0.2, 0) is 4.79 Å². The monoisotopic (exact) mass is 550 g/mol. The van der Waals surface area contributed by atoms with Gasteiger partial charge in [-0.05, 0) is 74.7 Å². The number of β-amino-alcohol motifs (C(OH)–C–C–N with tert-alkyl or cyclic N) is 1. The van der Waals surface area contributed by atoms with Crippen molar-refractivity contribution in [1.29, 1.82) is 0 Å². The number of anilines is 1. The number of ether oxygens (including phenoxy) is 1. The third-order valence-corrected chi connectivity index (χ3v) is 8.91. The molecule has 3 aromatic rings. The quantitative estimate of drug-likeness (QED) is 0.313. The van der Waals surface area contributed by atoms with E-state index in [0.29, 0.717) is 33.6 Å². The van der Waals surface area contributed by atoms with Crippen molar-refractivity contribution < 1.29 is 14.6 Å². The Bertz CT molecular complexity index is 1410. The Kier molecular flexibility index (Phi) is 6.99. The molecule has 5 atom stereocenters. The molecule has 1 amide bonds. The molecule has 2 aliphatic carbocycles. The first kappa shape index (κ1) is 26.1. The van der Waals surface area contributed by atoms with Crippen LogP contribution in [0.15, 0.2) is 36.5 Å². The van der Waals surface area contributed by atoms with E-state index in [1.54, 1.807) is 13.3 Å². The van der Waals surface area contributed by atoms with Crippen LogP contribution < -0.4 is 15.8 Å². The highest BCUT2D eigenvalue weighted by Crippen LogP contribution is 2.46. The van der Waals surface area contributed by atoms with Gasteiger partial charge in [-0.25, -0.2) is 9.97 Å². The van der Waals surface area contributed by atoms with Crippen LogP contribution in [-0.4, -0.2) is 69.8 Å². The minimum Gasteiger partial charge on any atom is -0.496 e. The van der Waals surface area contributed by atoms with Crippen LogP contribution in [0.5, 0.6) is 5.75 Å². The van der Waals surface area contributed by atoms with Gasteiger partial charge in [0.25, 0.3) is 0 Å². The number of halogens is 1. The lowest BCUT2D eigenvalue weighted by molar-refractivity contribution is -0.122. The number of nitrogens with two attached hydrogens (primary N) is 1. The Hall–Kier alpha value is -3.14. The molecule has 0 spiro atoms. The summed E-state index contributed by atoms with van der Waals surface area (Å²) in [7, 11) is 1.67. The number of imidazole rings is 1. The summed E-state index contributed by atoms with van der Waals surface area (Å²) in [5, 5.41) is 13.7. The van der Waals surface area contributed by atoms with Crippen molar-refractivity contribution in [2.75, 3.05) is 32.1 Å². The number of hydrogen-bond donors (Lipinski definition) is 4. The zero-order chi connectivity index (χ0) is 27.3. The fraction of sp³-hybridized carbons (Fsp3) is 0.483. The Labute approximate surface area is 232 Å². The molecule has 2 aromatic heterocycles. The molecule has 10 heteroatoms. The molecule has 5 N–H and O–H groups in total. The van der Waals surface area contributed by atoms with Gasteiger partial charge in [0.2, 0.25) is 5.91 Å². The number of piperidine rings is 1. The van der Waals surface area contributed by atoms with E-state index >= 15 is 0 Å². The van der Waals surface area contributed by atoms with Crippen LogP contribution >= 0.6 is 11.6 Å². The third-order valence-electron chi connectivity index (χ3n) is 8.63. The molecule has 3 heterocycles. The first-order valence-corrected chi connectivity index (χ1v) is 14.1. The van der Waals surface area contributed by atoms with Gasteiger partial charge in [-0.2, -0.15) is 0 Å². The summed E-state index contributed by atoms with van der Waals surface area (Å²) >= 11 is 6.61. The smallest absolute Gasteiger partial charge is 0.223 e. The van der Waals surface area contributed by atoms with Crippen molar-refractivity contribution in [2.45, 2.75) is 44.2 Å². The zero-order valence-corrected chi connectivity index (χ0v) is 23.0. The number of nitrogens with zero attached hydrogens (tertiary/aromatic N) is 3. The first-order valence-electron chi connectivity index (χ1n) is 13.7. The Balaban J connectivity index is 1.27. The molecule has 1 saturated heterocycles. The third kappa shape index (κ3) is 4.88. The number of amides is 1. The number of aromatic nitrogens is 3. The number of aliphatic hydroxyl groups excluding tert-OH is 1. The molecule has 1 aromatic carbocycles. The van der Waals surface area contributed by atoms with Gasteiger partial charge in [-0.1, -0.05) is 29.8 Å². The number of methoxy groups -OCH3 is 1. The molecule has 0 unspecified atom stereocenters. The topological polar surface area (TPSA) is 129 Å². The minimum absolute atomic E-state index is 0.137. The van der Waals surface area contributed by atoms with Crippen LogP contribution in [0.3, 0.4) is 0 Å². The highest BCUT2D eigenvalue weighted by Gasteiger charge is 2.47. The number of aromatic amines is 1. The second-order valence-corrected chi connectivity index (χ2v) is 11.6. The SMILES string of the molecule is COc1cc(C2CCN(C[C@H](C)O)CC2)ccc1-c1nc2c(N[C@H]3[C@@H](C(N)=O)[C@@H]4C=C[C@H]3C4)c(Cl)cnc2[nH]1. The molecule has 39 heavy (non-hydrogen) atoms. The number of rotatable bonds is 8. The minimum atomic E-state index is -0.306. The fourth-order valence-corrected chi connectivity index (χ4v) is 6.94. The van der Waals surface area contributed by atoms with E-state index in [0.717, 1.165) is 50.2 Å². The Morgan fingerprint density at radius 2 is 2.08 bits per heavy atom. The van der Waals surface area contributed by atoms with Crippen LogP contribution in [0.25, 0.3) is 22.6 Å². The number of hydrogen-bond acceptors (Lipinski definition) is 7. The van der Waals surface area contributed by atoms with Gasteiger partial charge in [0.05, 0.1) is 41.6 Å². The Morgan fingerprint density at radius 1 is 1.31 bits per heavy atom. The molecule has 1 saturated carbocycles. The van der Waals surface area contributed by atoms with Gasteiger partial charge in [0.15, 0.2) is 5.65 Å². The van der Waals surface area contributed by atoms with Crippen LogP contribution in [0.1, 0.15) is 37.7 Å². The Morgan fingerprint density at radius 3 is 2.79 bits per heavy atom. The van der Waals surface area contributed by atoms with E-state index in [2.05, 4.69) is 44.5 Å². The summed E-state index contributed by atoms with van der Waals surface area (Å²) < 4.78 is 5.81. The molecule has 9 nitrogen and oxygen atoms in total. The number of fused-ring (bicyclic) bond motifs is 3. The van der Waals surface area contributed by atoms with Crippen molar-refractivity contribution in [3.05, 3.63) is 47.1 Å². The van der Waals surface area contributed by atoms with Gasteiger partial charge in [0, 0.05) is 12.6 Å².